The predicted molar refractivity (Wildman–Crippen MR) is 76.6 cm³/mol. The highest BCUT2D eigenvalue weighted by atomic mass is 16.5. The van der Waals surface area contributed by atoms with E-state index in [1.54, 1.807) is 7.11 Å². The number of hydrogen-bond acceptors (Lipinski definition) is 5. The largest absolute Gasteiger partial charge is 0.476 e. The van der Waals surface area contributed by atoms with Crippen LogP contribution in [0.5, 0.6) is 5.88 Å². The zero-order chi connectivity index (χ0) is 13.7. The second-order valence-corrected chi connectivity index (χ2v) is 4.89. The van der Waals surface area contributed by atoms with Gasteiger partial charge in [-0.2, -0.15) is 4.98 Å². The Morgan fingerprint density at radius 1 is 1.42 bits per heavy atom. The van der Waals surface area contributed by atoms with Gasteiger partial charge >= 0.3 is 0 Å². The molecule has 0 aliphatic heterocycles. The van der Waals surface area contributed by atoms with Gasteiger partial charge in [0.25, 0.3) is 0 Å². The maximum atomic E-state index is 5.91. The summed E-state index contributed by atoms with van der Waals surface area (Å²) in [5, 5.41) is 0. The summed E-state index contributed by atoms with van der Waals surface area (Å²) < 4.78 is 10.8. The Bertz CT molecular complexity index is 408. The van der Waals surface area contributed by atoms with Gasteiger partial charge in [-0.1, -0.05) is 0 Å². The Morgan fingerprint density at radius 2 is 2.21 bits per heavy atom. The van der Waals surface area contributed by atoms with Crippen LogP contribution < -0.4 is 15.4 Å². The van der Waals surface area contributed by atoms with Crippen molar-refractivity contribution < 1.29 is 9.47 Å². The number of nitrogens with zero attached hydrogens (tertiary/aromatic N) is 2. The highest BCUT2D eigenvalue weighted by Gasteiger charge is 2.22. The molecule has 1 heterocycles. The van der Waals surface area contributed by atoms with Gasteiger partial charge in [-0.15, -0.1) is 0 Å². The Hall–Kier alpha value is -1.49. The number of methoxy groups -OCH3 is 1. The van der Waals surface area contributed by atoms with Gasteiger partial charge in [-0.25, -0.2) is 0 Å². The van der Waals surface area contributed by atoms with Gasteiger partial charge in [0.1, 0.15) is 5.82 Å². The zero-order valence-electron chi connectivity index (χ0n) is 11.8. The maximum Gasteiger partial charge on any atom is 0.239 e. The molecule has 0 aromatic carbocycles. The van der Waals surface area contributed by atoms with Gasteiger partial charge in [0.15, 0.2) is 0 Å². The fourth-order valence-electron chi connectivity index (χ4n) is 1.85. The van der Waals surface area contributed by atoms with Crippen LogP contribution in [0.15, 0.2) is 12.1 Å². The number of nitrogen functional groups attached to an aromatic ring is 1. The van der Waals surface area contributed by atoms with E-state index in [2.05, 4.69) is 16.8 Å². The summed E-state index contributed by atoms with van der Waals surface area (Å²) in [5.74, 6) is 2.14. The highest BCUT2D eigenvalue weighted by Crippen LogP contribution is 2.31. The van der Waals surface area contributed by atoms with Crippen molar-refractivity contribution in [2.24, 2.45) is 5.92 Å². The third kappa shape index (κ3) is 3.99. The van der Waals surface area contributed by atoms with Gasteiger partial charge in [-0.05, 0) is 37.8 Å². The molecule has 1 aromatic rings. The second kappa shape index (κ2) is 6.61. The molecule has 0 amide bonds. The lowest BCUT2D eigenvalue weighted by molar-refractivity contribution is 0.205. The Kier molecular flexibility index (Phi) is 4.85. The number of rotatable bonds is 8. The molecular weight excluding hydrogens is 242 g/mol. The first-order chi connectivity index (χ1) is 9.24. The lowest BCUT2D eigenvalue weighted by Gasteiger charge is -2.22. The molecule has 5 nitrogen and oxygen atoms in total. The van der Waals surface area contributed by atoms with Crippen LogP contribution in [-0.2, 0) is 4.74 Å². The summed E-state index contributed by atoms with van der Waals surface area (Å²) in [4.78, 5) is 6.67. The summed E-state index contributed by atoms with van der Waals surface area (Å²) in [6.07, 6.45) is 2.52. The minimum atomic E-state index is 0.556. The molecule has 19 heavy (non-hydrogen) atoms. The van der Waals surface area contributed by atoms with Gasteiger partial charge in [0.05, 0.1) is 18.9 Å². The number of anilines is 2. The van der Waals surface area contributed by atoms with Crippen LogP contribution in [0, 0.1) is 5.92 Å². The molecule has 0 radical (unpaired) electrons. The van der Waals surface area contributed by atoms with Crippen LogP contribution in [0.1, 0.15) is 19.8 Å². The number of nitrogens with two attached hydrogens (primary N) is 1. The monoisotopic (exact) mass is 265 g/mol. The molecule has 1 aliphatic carbocycles. The van der Waals surface area contributed by atoms with Crippen LogP contribution in [0.4, 0.5) is 11.5 Å². The van der Waals surface area contributed by atoms with E-state index in [1.807, 2.05) is 12.1 Å². The maximum absolute atomic E-state index is 5.91. The molecule has 2 N–H and O–H groups in total. The van der Waals surface area contributed by atoms with Crippen molar-refractivity contribution in [3.05, 3.63) is 12.1 Å². The molecule has 0 bridgehead atoms. The third-order valence-electron chi connectivity index (χ3n) is 3.30. The molecule has 0 unspecified atom stereocenters. The Balaban J connectivity index is 2.03. The molecule has 0 saturated heterocycles. The average molecular weight is 265 g/mol. The number of pyridine rings is 1. The molecule has 0 spiro atoms. The highest BCUT2D eigenvalue weighted by molar-refractivity contribution is 5.54. The van der Waals surface area contributed by atoms with E-state index in [-0.39, 0.29) is 0 Å². The van der Waals surface area contributed by atoms with E-state index in [1.165, 1.54) is 12.8 Å². The van der Waals surface area contributed by atoms with Gasteiger partial charge in [0.2, 0.25) is 5.88 Å². The first kappa shape index (κ1) is 13.9. The van der Waals surface area contributed by atoms with Crippen LogP contribution >= 0.6 is 0 Å². The summed E-state index contributed by atoms with van der Waals surface area (Å²) in [6.45, 7) is 5.19. The smallest absolute Gasteiger partial charge is 0.239 e. The zero-order valence-corrected chi connectivity index (χ0v) is 11.8. The minimum Gasteiger partial charge on any atom is -0.476 e. The standard InChI is InChI=1S/C14H23N3O2/c1-3-17(8-9-18-2)13-7-6-12(15)14(16-13)19-10-11-4-5-11/h6-7,11H,3-5,8-10,15H2,1-2H3. The van der Waals surface area contributed by atoms with Gasteiger partial charge < -0.3 is 20.1 Å². The molecule has 1 saturated carbocycles. The molecule has 5 heteroatoms. The quantitative estimate of drug-likeness (QED) is 0.778. The Morgan fingerprint density at radius 3 is 2.84 bits per heavy atom. The van der Waals surface area contributed by atoms with Crippen molar-refractivity contribution >= 4 is 11.5 Å². The van der Waals surface area contributed by atoms with Gasteiger partial charge in [-0.3, -0.25) is 0 Å². The van der Waals surface area contributed by atoms with E-state index >= 15 is 0 Å². The van der Waals surface area contributed by atoms with Crippen molar-refractivity contribution in [2.45, 2.75) is 19.8 Å². The fraction of sp³-hybridized carbons (Fsp3) is 0.643. The van der Waals surface area contributed by atoms with Crippen molar-refractivity contribution in [2.75, 3.05) is 44.0 Å². The van der Waals surface area contributed by atoms with Crippen LogP contribution in [0.2, 0.25) is 0 Å². The van der Waals surface area contributed by atoms with E-state index in [4.69, 9.17) is 15.2 Å². The van der Waals surface area contributed by atoms with Crippen molar-refractivity contribution in [1.29, 1.82) is 0 Å². The second-order valence-electron chi connectivity index (χ2n) is 4.89. The summed E-state index contributed by atoms with van der Waals surface area (Å²) in [7, 11) is 1.70. The van der Waals surface area contributed by atoms with Crippen LogP contribution in [0.3, 0.4) is 0 Å². The average Bonchev–Trinajstić information content (AvgIpc) is 3.24. The fourth-order valence-corrected chi connectivity index (χ4v) is 1.85. The molecule has 0 atom stereocenters. The molecule has 1 aromatic heterocycles. The van der Waals surface area contributed by atoms with Crippen LogP contribution in [0.25, 0.3) is 0 Å². The minimum absolute atomic E-state index is 0.556. The van der Waals surface area contributed by atoms with Crippen molar-refractivity contribution in [3.8, 4) is 5.88 Å². The molecular formula is C14H23N3O2. The van der Waals surface area contributed by atoms with E-state index in [9.17, 15) is 0 Å². The summed E-state index contributed by atoms with van der Waals surface area (Å²) in [5.41, 5.74) is 6.51. The van der Waals surface area contributed by atoms with E-state index in [0.29, 0.717) is 24.1 Å². The lowest BCUT2D eigenvalue weighted by atomic mass is 10.3. The molecule has 2 rings (SSSR count). The topological polar surface area (TPSA) is 60.6 Å². The Labute approximate surface area is 114 Å². The summed E-state index contributed by atoms with van der Waals surface area (Å²) in [6, 6.07) is 3.79. The van der Waals surface area contributed by atoms with Gasteiger partial charge in [0, 0.05) is 20.2 Å². The van der Waals surface area contributed by atoms with E-state index < -0.39 is 0 Å². The number of likely N-dealkylation sites (N-methyl/N-ethyl adjacent to an activating group) is 1. The first-order valence-electron chi connectivity index (χ1n) is 6.87. The number of ether oxygens (including phenoxy) is 2. The predicted octanol–water partition coefficient (Wildman–Crippen LogP) is 1.93. The lowest BCUT2D eigenvalue weighted by Crippen LogP contribution is -2.27. The third-order valence-corrected chi connectivity index (χ3v) is 3.30. The number of hydrogen-bond donors (Lipinski definition) is 1. The molecule has 1 fully saturated rings. The normalized spacial score (nSPS) is 14.4. The van der Waals surface area contributed by atoms with Crippen LogP contribution in [-0.4, -0.2) is 38.4 Å². The molecule has 1 aliphatic rings. The first-order valence-corrected chi connectivity index (χ1v) is 6.87. The van der Waals surface area contributed by atoms with Crippen molar-refractivity contribution in [1.82, 2.24) is 4.98 Å². The summed E-state index contributed by atoms with van der Waals surface area (Å²) >= 11 is 0. The molecule has 106 valence electrons. The SMILES string of the molecule is CCN(CCOC)c1ccc(N)c(OCC2CC2)n1. The van der Waals surface area contributed by atoms with Crippen molar-refractivity contribution in [3.63, 3.8) is 0 Å². The number of aromatic nitrogens is 1. The van der Waals surface area contributed by atoms with E-state index in [0.717, 1.165) is 25.5 Å².